The maximum Gasteiger partial charge on any atom is 0.287 e. The summed E-state index contributed by atoms with van der Waals surface area (Å²) in [7, 11) is 0. The molecule has 0 spiro atoms. The second-order valence-corrected chi connectivity index (χ2v) is 5.40. The van der Waals surface area contributed by atoms with Crippen molar-refractivity contribution in [2.45, 2.75) is 44.6 Å². The van der Waals surface area contributed by atoms with E-state index in [4.69, 9.17) is 4.42 Å². The second kappa shape index (κ2) is 5.25. The Morgan fingerprint density at radius 3 is 2.65 bits per heavy atom. The number of carbonyl (C=O) groups excluding carboxylic acids is 1. The van der Waals surface area contributed by atoms with Gasteiger partial charge in [0.1, 0.15) is 5.76 Å². The molecule has 1 aliphatic rings. The van der Waals surface area contributed by atoms with Crippen LogP contribution in [0.5, 0.6) is 0 Å². The van der Waals surface area contributed by atoms with Crippen LogP contribution in [0, 0.1) is 6.92 Å². The minimum atomic E-state index is -0.0977. The van der Waals surface area contributed by atoms with Crippen molar-refractivity contribution in [1.29, 1.82) is 0 Å². The Morgan fingerprint density at radius 2 is 2.12 bits per heavy atom. The molecule has 0 atom stereocenters. The van der Waals surface area contributed by atoms with Gasteiger partial charge >= 0.3 is 0 Å². The van der Waals surface area contributed by atoms with E-state index in [-0.39, 0.29) is 11.4 Å². The van der Waals surface area contributed by atoms with Crippen LogP contribution in [0.1, 0.15) is 48.4 Å². The minimum absolute atomic E-state index is 0.0873. The molecule has 17 heavy (non-hydrogen) atoms. The molecule has 4 heteroatoms. The van der Waals surface area contributed by atoms with Crippen molar-refractivity contribution in [3.05, 3.63) is 23.7 Å². The molecule has 1 aromatic rings. The molecule has 0 saturated heterocycles. The highest BCUT2D eigenvalue weighted by atomic mass is 79.9. The van der Waals surface area contributed by atoms with Crippen molar-refractivity contribution >= 4 is 21.8 Å². The molecule has 1 fully saturated rings. The lowest BCUT2D eigenvalue weighted by Crippen LogP contribution is -2.51. The van der Waals surface area contributed by atoms with E-state index >= 15 is 0 Å². The van der Waals surface area contributed by atoms with Gasteiger partial charge < -0.3 is 9.73 Å². The Hall–Kier alpha value is -0.770. The van der Waals surface area contributed by atoms with E-state index in [2.05, 4.69) is 21.2 Å². The molecule has 0 radical (unpaired) electrons. The Morgan fingerprint density at radius 1 is 1.41 bits per heavy atom. The van der Waals surface area contributed by atoms with Crippen molar-refractivity contribution in [2.24, 2.45) is 0 Å². The normalized spacial score (nSPS) is 18.9. The molecule has 1 N–H and O–H groups in total. The fraction of sp³-hybridized carbons (Fsp3) is 0.615. The van der Waals surface area contributed by atoms with Gasteiger partial charge in [-0.3, -0.25) is 4.79 Å². The van der Waals surface area contributed by atoms with Crippen LogP contribution in [0.25, 0.3) is 0 Å². The van der Waals surface area contributed by atoms with E-state index in [9.17, 15) is 4.79 Å². The van der Waals surface area contributed by atoms with Gasteiger partial charge in [-0.25, -0.2) is 0 Å². The van der Waals surface area contributed by atoms with Crippen LogP contribution >= 0.6 is 15.9 Å². The van der Waals surface area contributed by atoms with E-state index < -0.39 is 0 Å². The van der Waals surface area contributed by atoms with Crippen LogP contribution in [0.2, 0.25) is 0 Å². The molecule has 1 amide bonds. The summed E-state index contributed by atoms with van der Waals surface area (Å²) in [5.74, 6) is 1.08. The molecule has 94 valence electrons. The summed E-state index contributed by atoms with van der Waals surface area (Å²) in [6.45, 7) is 1.84. The van der Waals surface area contributed by atoms with Crippen molar-refractivity contribution < 1.29 is 9.21 Å². The largest absolute Gasteiger partial charge is 0.456 e. The summed E-state index contributed by atoms with van der Waals surface area (Å²) in [6, 6.07) is 3.55. The van der Waals surface area contributed by atoms with E-state index in [0.29, 0.717) is 5.76 Å². The number of nitrogens with one attached hydrogen (secondary N) is 1. The molecule has 0 aliphatic heterocycles. The number of amides is 1. The highest BCUT2D eigenvalue weighted by Gasteiger charge is 2.33. The molecule has 0 unspecified atom stereocenters. The zero-order valence-corrected chi connectivity index (χ0v) is 11.7. The minimum Gasteiger partial charge on any atom is -0.456 e. The third-order valence-corrected chi connectivity index (χ3v) is 4.48. The Balaban J connectivity index is 2.05. The molecular weight excluding hydrogens is 282 g/mol. The number of furan rings is 1. The first-order valence-corrected chi connectivity index (χ1v) is 7.22. The average Bonchev–Trinajstić information content (AvgIpc) is 2.77. The Kier molecular flexibility index (Phi) is 3.92. The van der Waals surface area contributed by atoms with Crippen LogP contribution < -0.4 is 5.32 Å². The van der Waals surface area contributed by atoms with Gasteiger partial charge in [0, 0.05) is 5.33 Å². The number of hydrogen-bond acceptors (Lipinski definition) is 2. The van der Waals surface area contributed by atoms with Crippen LogP contribution in [-0.4, -0.2) is 16.8 Å². The van der Waals surface area contributed by atoms with Crippen molar-refractivity contribution in [2.75, 3.05) is 5.33 Å². The smallest absolute Gasteiger partial charge is 0.287 e. The lowest BCUT2D eigenvalue weighted by Gasteiger charge is -2.36. The van der Waals surface area contributed by atoms with Gasteiger partial charge in [-0.15, -0.1) is 0 Å². The maximum atomic E-state index is 12.1. The van der Waals surface area contributed by atoms with Crippen molar-refractivity contribution in [3.8, 4) is 0 Å². The number of rotatable bonds is 3. The number of hydrogen-bond donors (Lipinski definition) is 1. The van der Waals surface area contributed by atoms with Gasteiger partial charge in [-0.05, 0) is 31.9 Å². The first kappa shape index (κ1) is 12.7. The molecule has 1 aliphatic carbocycles. The Bertz CT molecular complexity index is 394. The molecule has 3 nitrogen and oxygen atoms in total. The zero-order valence-electron chi connectivity index (χ0n) is 10.1. The van der Waals surface area contributed by atoms with E-state index in [1.165, 1.54) is 19.3 Å². The van der Waals surface area contributed by atoms with Gasteiger partial charge in [0.05, 0.1) is 5.54 Å². The summed E-state index contributed by atoms with van der Waals surface area (Å²) < 4.78 is 5.35. The molecule has 1 heterocycles. The van der Waals surface area contributed by atoms with Gasteiger partial charge in [0.15, 0.2) is 5.76 Å². The predicted octanol–water partition coefficient (Wildman–Crippen LogP) is 3.42. The molecule has 0 bridgehead atoms. The highest BCUT2D eigenvalue weighted by Crippen LogP contribution is 2.30. The standard InChI is InChI=1S/C13H18BrNO2/c1-10-5-6-11(17-10)12(16)15-13(9-14)7-3-2-4-8-13/h5-6H,2-4,7-9H2,1H3,(H,15,16). The van der Waals surface area contributed by atoms with Crippen molar-refractivity contribution in [3.63, 3.8) is 0 Å². The van der Waals surface area contributed by atoms with Gasteiger partial charge in [0.2, 0.25) is 0 Å². The monoisotopic (exact) mass is 299 g/mol. The maximum absolute atomic E-state index is 12.1. The number of alkyl halides is 1. The van der Waals surface area contributed by atoms with E-state index in [1.807, 2.05) is 13.0 Å². The van der Waals surface area contributed by atoms with Crippen molar-refractivity contribution in [1.82, 2.24) is 5.32 Å². The molecule has 0 aromatic carbocycles. The lowest BCUT2D eigenvalue weighted by atomic mass is 9.83. The third kappa shape index (κ3) is 2.92. The lowest BCUT2D eigenvalue weighted by molar-refractivity contribution is 0.0856. The number of aryl methyl sites for hydroxylation is 1. The molecular formula is C13H18BrNO2. The van der Waals surface area contributed by atoms with Gasteiger partial charge in [-0.1, -0.05) is 35.2 Å². The number of halogens is 1. The van der Waals surface area contributed by atoms with E-state index in [1.54, 1.807) is 6.07 Å². The second-order valence-electron chi connectivity index (χ2n) is 4.84. The molecule has 1 aromatic heterocycles. The fourth-order valence-electron chi connectivity index (χ4n) is 2.38. The number of carbonyl (C=O) groups is 1. The fourth-order valence-corrected chi connectivity index (χ4v) is 3.08. The third-order valence-electron chi connectivity index (χ3n) is 3.41. The summed E-state index contributed by atoms with van der Waals surface area (Å²) in [6.07, 6.45) is 5.73. The first-order chi connectivity index (χ1) is 8.15. The summed E-state index contributed by atoms with van der Waals surface area (Å²) >= 11 is 3.53. The summed E-state index contributed by atoms with van der Waals surface area (Å²) in [5, 5.41) is 3.94. The summed E-state index contributed by atoms with van der Waals surface area (Å²) in [4.78, 5) is 12.1. The van der Waals surface area contributed by atoms with Crippen LogP contribution in [0.3, 0.4) is 0 Å². The first-order valence-electron chi connectivity index (χ1n) is 6.10. The van der Waals surface area contributed by atoms with Crippen LogP contribution in [0.15, 0.2) is 16.5 Å². The van der Waals surface area contributed by atoms with Crippen LogP contribution in [-0.2, 0) is 0 Å². The predicted molar refractivity (Wildman–Crippen MR) is 70.5 cm³/mol. The molecule has 1 saturated carbocycles. The quantitative estimate of drug-likeness (QED) is 0.869. The van der Waals surface area contributed by atoms with Gasteiger partial charge in [-0.2, -0.15) is 0 Å². The topological polar surface area (TPSA) is 42.2 Å². The van der Waals surface area contributed by atoms with Crippen LogP contribution in [0.4, 0.5) is 0 Å². The van der Waals surface area contributed by atoms with E-state index in [0.717, 1.165) is 23.9 Å². The summed E-state index contributed by atoms with van der Waals surface area (Å²) in [5.41, 5.74) is -0.0873. The van der Waals surface area contributed by atoms with Gasteiger partial charge in [0.25, 0.3) is 5.91 Å². The average molecular weight is 300 g/mol. The SMILES string of the molecule is Cc1ccc(C(=O)NC2(CBr)CCCCC2)o1. The highest BCUT2D eigenvalue weighted by molar-refractivity contribution is 9.09. The molecule has 2 rings (SSSR count). The zero-order chi connectivity index (χ0) is 12.3. The Labute approximate surface area is 110 Å².